The fourth-order valence-electron chi connectivity index (χ4n) is 8.56. The molecule has 0 rings (SSSR count). The lowest BCUT2D eigenvalue weighted by Gasteiger charge is -2.18. The van der Waals surface area contributed by atoms with Gasteiger partial charge in [-0.2, -0.15) is 0 Å². The van der Waals surface area contributed by atoms with Crippen LogP contribution in [0.2, 0.25) is 0 Å². The zero-order valence-electron chi connectivity index (χ0n) is 49.0. The number of esters is 3. The molecular formula is C69H116O6. The molecule has 0 radical (unpaired) electrons. The monoisotopic (exact) mass is 1040 g/mol. The van der Waals surface area contributed by atoms with E-state index in [1.54, 1.807) is 0 Å². The van der Waals surface area contributed by atoms with E-state index >= 15 is 0 Å². The third-order valence-corrected chi connectivity index (χ3v) is 13.3. The smallest absolute Gasteiger partial charge is 0.306 e. The fourth-order valence-corrected chi connectivity index (χ4v) is 8.56. The molecule has 0 spiro atoms. The lowest BCUT2D eigenvalue weighted by molar-refractivity contribution is -0.167. The number of allylic oxidation sites excluding steroid dienone is 18. The Bertz CT molecular complexity index is 1520. The molecule has 0 saturated heterocycles. The van der Waals surface area contributed by atoms with Crippen LogP contribution in [-0.2, 0) is 28.6 Å². The van der Waals surface area contributed by atoms with Crippen molar-refractivity contribution in [3.05, 3.63) is 109 Å². The van der Waals surface area contributed by atoms with E-state index in [1.165, 1.54) is 128 Å². The predicted octanol–water partition coefficient (Wildman–Crippen LogP) is 21.4. The lowest BCUT2D eigenvalue weighted by atomic mass is 10.1. The molecule has 0 aromatic rings. The van der Waals surface area contributed by atoms with E-state index in [2.05, 4.69) is 130 Å². The van der Waals surface area contributed by atoms with Gasteiger partial charge in [-0.3, -0.25) is 14.4 Å². The summed E-state index contributed by atoms with van der Waals surface area (Å²) in [5, 5.41) is 0. The van der Waals surface area contributed by atoms with Crippen molar-refractivity contribution in [3.8, 4) is 0 Å². The number of carbonyl (C=O) groups is 3. The van der Waals surface area contributed by atoms with E-state index in [-0.39, 0.29) is 31.1 Å². The first-order chi connectivity index (χ1) is 37.0. The number of hydrogen-bond donors (Lipinski definition) is 0. The molecule has 0 aliphatic carbocycles. The van der Waals surface area contributed by atoms with Crippen LogP contribution in [0, 0.1) is 0 Å². The summed E-state index contributed by atoms with van der Waals surface area (Å²) in [6.07, 6.45) is 85.4. The highest BCUT2D eigenvalue weighted by Gasteiger charge is 2.19. The lowest BCUT2D eigenvalue weighted by Crippen LogP contribution is -2.30. The SMILES string of the molecule is CC/C=C\C/C=C\C/C=C\C/C=C\C/C=C\C/C=C\C/C=C\C/C=C\CCCCCCCCCCCCC(=O)OCC(COC(=O)CCCCCCCCCCCCC)OC(=O)CCCCCCC/C=C\CCCC. The highest BCUT2D eigenvalue weighted by atomic mass is 16.6. The van der Waals surface area contributed by atoms with Gasteiger partial charge in [0.05, 0.1) is 0 Å². The molecule has 0 saturated carbocycles. The molecule has 0 aliphatic rings. The fraction of sp³-hybridized carbons (Fsp3) is 0.696. The molecule has 0 bridgehead atoms. The van der Waals surface area contributed by atoms with Crippen molar-refractivity contribution in [2.45, 2.75) is 297 Å². The Morgan fingerprint density at radius 2 is 0.533 bits per heavy atom. The quantitative estimate of drug-likeness (QED) is 0.0261. The number of unbranched alkanes of at least 4 members (excludes halogenated alkanes) is 27. The minimum absolute atomic E-state index is 0.0795. The molecule has 0 heterocycles. The Kier molecular flexibility index (Phi) is 59.3. The van der Waals surface area contributed by atoms with Gasteiger partial charge in [-0.25, -0.2) is 0 Å². The Labute approximate surface area is 463 Å². The molecule has 6 nitrogen and oxygen atoms in total. The maximum Gasteiger partial charge on any atom is 0.306 e. The van der Waals surface area contributed by atoms with E-state index in [9.17, 15) is 14.4 Å². The van der Waals surface area contributed by atoms with Crippen LogP contribution in [0.4, 0.5) is 0 Å². The number of ether oxygens (including phenoxy) is 3. The molecule has 428 valence electrons. The van der Waals surface area contributed by atoms with Gasteiger partial charge in [0.1, 0.15) is 13.2 Å². The first-order valence-electron chi connectivity index (χ1n) is 31.4. The topological polar surface area (TPSA) is 78.9 Å². The van der Waals surface area contributed by atoms with Crippen molar-refractivity contribution in [1.82, 2.24) is 0 Å². The standard InChI is InChI=1S/C69H116O6/c1-4-7-10-13-16-19-22-23-24-25-26-27-28-29-30-31-32-33-34-35-36-37-38-39-40-41-42-43-44-45-48-50-53-56-59-62-68(71)74-65-66(75-69(72)63-60-57-54-51-47-21-18-15-12-9-6-3)64-73-67(70)61-58-55-52-49-46-20-17-14-11-8-5-2/h7,10,15-16,18-19,23-24,26-27,29-30,32-33,35-36,38-39,66H,4-6,8-9,11-14,17,20-22,25,28,31,34,37,40-65H2,1-3H3/b10-7-,18-15-,19-16-,24-23-,27-26-,30-29-,33-32-,36-35-,39-38-. The summed E-state index contributed by atoms with van der Waals surface area (Å²) < 4.78 is 16.8. The van der Waals surface area contributed by atoms with Gasteiger partial charge in [0.2, 0.25) is 0 Å². The van der Waals surface area contributed by atoms with Crippen molar-refractivity contribution in [3.63, 3.8) is 0 Å². The van der Waals surface area contributed by atoms with Gasteiger partial charge < -0.3 is 14.2 Å². The number of rotatable bonds is 56. The summed E-state index contributed by atoms with van der Waals surface area (Å²) in [6.45, 7) is 6.48. The molecule has 0 aliphatic heterocycles. The van der Waals surface area contributed by atoms with Crippen LogP contribution in [-0.4, -0.2) is 37.2 Å². The average molecular weight is 1040 g/mol. The predicted molar refractivity (Wildman–Crippen MR) is 325 cm³/mol. The van der Waals surface area contributed by atoms with Gasteiger partial charge in [-0.05, 0) is 103 Å². The first kappa shape index (κ1) is 71.1. The van der Waals surface area contributed by atoms with Crippen molar-refractivity contribution in [2.24, 2.45) is 0 Å². The molecule has 0 amide bonds. The normalized spacial score (nSPS) is 12.8. The van der Waals surface area contributed by atoms with Crippen LogP contribution in [0.1, 0.15) is 290 Å². The maximum atomic E-state index is 12.8. The van der Waals surface area contributed by atoms with E-state index < -0.39 is 6.10 Å². The second-order valence-electron chi connectivity index (χ2n) is 20.6. The van der Waals surface area contributed by atoms with Crippen LogP contribution in [0.3, 0.4) is 0 Å². The van der Waals surface area contributed by atoms with Crippen LogP contribution in [0.15, 0.2) is 109 Å². The zero-order chi connectivity index (χ0) is 54.3. The van der Waals surface area contributed by atoms with Crippen LogP contribution < -0.4 is 0 Å². The van der Waals surface area contributed by atoms with Gasteiger partial charge in [0.15, 0.2) is 6.10 Å². The molecule has 1 unspecified atom stereocenters. The summed E-state index contributed by atoms with van der Waals surface area (Å²) in [5.74, 6) is -0.891. The Balaban J connectivity index is 4.12. The van der Waals surface area contributed by atoms with Crippen LogP contribution in [0.5, 0.6) is 0 Å². The van der Waals surface area contributed by atoms with Crippen LogP contribution in [0.25, 0.3) is 0 Å². The van der Waals surface area contributed by atoms with E-state index in [4.69, 9.17) is 14.2 Å². The highest BCUT2D eigenvalue weighted by Crippen LogP contribution is 2.16. The number of carbonyl (C=O) groups excluding carboxylic acids is 3. The number of hydrogen-bond acceptors (Lipinski definition) is 6. The molecule has 0 aromatic carbocycles. The van der Waals surface area contributed by atoms with E-state index in [0.717, 1.165) is 122 Å². The Morgan fingerprint density at radius 1 is 0.280 bits per heavy atom. The largest absolute Gasteiger partial charge is 0.462 e. The Hall–Kier alpha value is -3.93. The van der Waals surface area contributed by atoms with Gasteiger partial charge >= 0.3 is 17.9 Å². The van der Waals surface area contributed by atoms with Gasteiger partial charge in [0.25, 0.3) is 0 Å². The molecule has 1 atom stereocenters. The summed E-state index contributed by atoms with van der Waals surface area (Å²) in [6, 6.07) is 0. The molecule has 75 heavy (non-hydrogen) atoms. The minimum Gasteiger partial charge on any atom is -0.462 e. The maximum absolute atomic E-state index is 12.8. The second-order valence-corrected chi connectivity index (χ2v) is 20.6. The first-order valence-corrected chi connectivity index (χ1v) is 31.4. The van der Waals surface area contributed by atoms with Crippen molar-refractivity contribution in [2.75, 3.05) is 13.2 Å². The van der Waals surface area contributed by atoms with Crippen molar-refractivity contribution < 1.29 is 28.6 Å². The zero-order valence-corrected chi connectivity index (χ0v) is 49.0. The summed E-state index contributed by atoms with van der Waals surface area (Å²) >= 11 is 0. The summed E-state index contributed by atoms with van der Waals surface area (Å²) in [7, 11) is 0. The van der Waals surface area contributed by atoms with Gasteiger partial charge in [-0.15, -0.1) is 0 Å². The minimum atomic E-state index is -0.781. The third-order valence-electron chi connectivity index (χ3n) is 13.3. The Morgan fingerprint density at radius 3 is 0.867 bits per heavy atom. The van der Waals surface area contributed by atoms with Gasteiger partial charge in [-0.1, -0.05) is 278 Å². The van der Waals surface area contributed by atoms with Crippen LogP contribution >= 0.6 is 0 Å². The highest BCUT2D eigenvalue weighted by molar-refractivity contribution is 5.71. The molecule has 0 aromatic heterocycles. The van der Waals surface area contributed by atoms with Crippen molar-refractivity contribution in [1.29, 1.82) is 0 Å². The third kappa shape index (κ3) is 60.8. The summed E-state index contributed by atoms with van der Waals surface area (Å²) in [4.78, 5) is 38.1. The van der Waals surface area contributed by atoms with Crippen molar-refractivity contribution >= 4 is 17.9 Å². The van der Waals surface area contributed by atoms with E-state index in [0.29, 0.717) is 19.3 Å². The molecular weight excluding hydrogens is 925 g/mol. The molecule has 0 fully saturated rings. The second kappa shape index (κ2) is 62.6. The van der Waals surface area contributed by atoms with E-state index in [1.807, 2.05) is 0 Å². The molecule has 6 heteroatoms. The summed E-state index contributed by atoms with van der Waals surface area (Å²) in [5.41, 5.74) is 0. The van der Waals surface area contributed by atoms with Gasteiger partial charge in [0, 0.05) is 19.3 Å². The average Bonchev–Trinajstić information content (AvgIpc) is 3.41. The molecule has 0 N–H and O–H groups in total.